The molecule has 3 aromatic rings. The Balaban J connectivity index is 0.00000180. The average molecular weight is 534 g/mol. The van der Waals surface area contributed by atoms with Gasteiger partial charge in [-0.1, -0.05) is 24.3 Å². The van der Waals surface area contributed by atoms with Gasteiger partial charge in [-0.3, -0.25) is 9.69 Å². The van der Waals surface area contributed by atoms with Gasteiger partial charge < -0.3 is 21.1 Å². The first-order valence-corrected chi connectivity index (χ1v) is 11.9. The van der Waals surface area contributed by atoms with Crippen LogP contribution in [-0.4, -0.2) is 70.7 Å². The third kappa shape index (κ3) is 6.41. The molecule has 0 radical (unpaired) electrons. The Morgan fingerprint density at radius 1 is 1.22 bits per heavy atom. The van der Waals surface area contributed by atoms with Gasteiger partial charge in [-0.2, -0.15) is 0 Å². The SMILES string of the molecule is C[C@@H]1CN(Cc2ccc(-c3cc(C(N)=O)c4ncnc(N[C@H]5CCCNC5)c4n3)cc2)CCO1.Cl.Cl. The number of primary amides is 1. The summed E-state index contributed by atoms with van der Waals surface area (Å²) in [4.78, 5) is 28.3. The third-order valence-corrected chi connectivity index (χ3v) is 6.47. The molecule has 1 amide bonds. The normalized spacial score (nSPS) is 20.2. The van der Waals surface area contributed by atoms with E-state index >= 15 is 0 Å². The molecule has 4 heterocycles. The molecule has 4 N–H and O–H groups in total. The zero-order valence-electron chi connectivity index (χ0n) is 20.3. The van der Waals surface area contributed by atoms with Crippen LogP contribution in [0.2, 0.25) is 0 Å². The second kappa shape index (κ2) is 12.6. The Kier molecular flexibility index (Phi) is 9.81. The predicted molar refractivity (Wildman–Crippen MR) is 146 cm³/mol. The lowest BCUT2D eigenvalue weighted by Crippen LogP contribution is -2.40. The molecule has 2 aliphatic rings. The Hall–Kier alpha value is -2.56. The Labute approximate surface area is 223 Å². The van der Waals surface area contributed by atoms with E-state index in [1.807, 2.05) is 12.1 Å². The molecule has 2 aromatic heterocycles. The number of carbonyl (C=O) groups is 1. The summed E-state index contributed by atoms with van der Waals surface area (Å²) >= 11 is 0. The van der Waals surface area contributed by atoms with Crippen molar-refractivity contribution in [3.05, 3.63) is 47.8 Å². The fraction of sp³-hybridized carbons (Fsp3) is 0.440. The summed E-state index contributed by atoms with van der Waals surface area (Å²) in [5.74, 6) is 0.0943. The molecule has 0 unspecified atom stereocenters. The van der Waals surface area contributed by atoms with Gasteiger partial charge in [-0.05, 0) is 37.9 Å². The zero-order valence-corrected chi connectivity index (χ0v) is 21.9. The predicted octanol–water partition coefficient (Wildman–Crippen LogP) is 3.02. The number of ether oxygens (including phenoxy) is 1. The van der Waals surface area contributed by atoms with Crippen LogP contribution in [0.4, 0.5) is 5.82 Å². The van der Waals surface area contributed by atoms with E-state index in [2.05, 4.69) is 44.6 Å². The Morgan fingerprint density at radius 3 is 2.72 bits per heavy atom. The number of aromatic nitrogens is 3. The van der Waals surface area contributed by atoms with Crippen molar-refractivity contribution in [3.63, 3.8) is 0 Å². The number of pyridine rings is 1. The van der Waals surface area contributed by atoms with Crippen molar-refractivity contribution in [2.75, 3.05) is 38.1 Å². The molecule has 2 aliphatic heterocycles. The van der Waals surface area contributed by atoms with E-state index in [1.165, 1.54) is 11.9 Å². The van der Waals surface area contributed by atoms with Gasteiger partial charge >= 0.3 is 0 Å². The first kappa shape index (κ1) is 28.0. The van der Waals surface area contributed by atoms with Gasteiger partial charge in [0, 0.05) is 37.8 Å². The second-order valence-electron chi connectivity index (χ2n) is 9.14. The molecule has 36 heavy (non-hydrogen) atoms. The van der Waals surface area contributed by atoms with Crippen molar-refractivity contribution in [2.24, 2.45) is 5.73 Å². The molecule has 194 valence electrons. The number of morpholine rings is 1. The number of anilines is 1. The highest BCUT2D eigenvalue weighted by atomic mass is 35.5. The first-order valence-electron chi connectivity index (χ1n) is 11.9. The van der Waals surface area contributed by atoms with Crippen molar-refractivity contribution in [1.29, 1.82) is 0 Å². The summed E-state index contributed by atoms with van der Waals surface area (Å²) in [7, 11) is 0. The first-order chi connectivity index (χ1) is 16.6. The maximum Gasteiger partial charge on any atom is 0.251 e. The van der Waals surface area contributed by atoms with Crippen LogP contribution in [0, 0.1) is 0 Å². The van der Waals surface area contributed by atoms with Crippen LogP contribution >= 0.6 is 24.8 Å². The van der Waals surface area contributed by atoms with E-state index in [0.717, 1.165) is 57.7 Å². The molecular formula is C25H33Cl2N7O2. The lowest BCUT2D eigenvalue weighted by atomic mass is 10.0. The van der Waals surface area contributed by atoms with Gasteiger partial charge in [0.15, 0.2) is 5.82 Å². The number of carbonyl (C=O) groups excluding carboxylic acids is 1. The molecule has 11 heteroatoms. The summed E-state index contributed by atoms with van der Waals surface area (Å²) in [6, 6.07) is 10.3. The largest absolute Gasteiger partial charge is 0.376 e. The van der Waals surface area contributed by atoms with Crippen LogP contribution in [0.25, 0.3) is 22.3 Å². The van der Waals surface area contributed by atoms with Gasteiger partial charge in [-0.25, -0.2) is 15.0 Å². The molecule has 0 saturated carbocycles. The maximum absolute atomic E-state index is 12.3. The number of rotatable bonds is 6. The van der Waals surface area contributed by atoms with Gasteiger partial charge in [0.1, 0.15) is 17.4 Å². The highest BCUT2D eigenvalue weighted by Crippen LogP contribution is 2.28. The number of amides is 1. The Morgan fingerprint density at radius 2 is 2.03 bits per heavy atom. The van der Waals surface area contributed by atoms with E-state index in [9.17, 15) is 4.79 Å². The minimum Gasteiger partial charge on any atom is -0.376 e. The van der Waals surface area contributed by atoms with E-state index < -0.39 is 5.91 Å². The molecule has 2 fully saturated rings. The van der Waals surface area contributed by atoms with Crippen LogP contribution < -0.4 is 16.4 Å². The van der Waals surface area contributed by atoms with Gasteiger partial charge in [0.2, 0.25) is 0 Å². The zero-order chi connectivity index (χ0) is 23.5. The highest BCUT2D eigenvalue weighted by molar-refractivity contribution is 6.06. The number of fused-ring (bicyclic) bond motifs is 1. The molecule has 2 saturated heterocycles. The lowest BCUT2D eigenvalue weighted by molar-refractivity contribution is -0.0212. The minimum atomic E-state index is -0.532. The van der Waals surface area contributed by atoms with Crippen LogP contribution in [0.1, 0.15) is 35.7 Å². The van der Waals surface area contributed by atoms with Crippen molar-refractivity contribution >= 4 is 47.6 Å². The van der Waals surface area contributed by atoms with Gasteiger partial charge in [0.05, 0.1) is 24.0 Å². The summed E-state index contributed by atoms with van der Waals surface area (Å²) in [5, 5.41) is 6.88. The number of nitrogens with zero attached hydrogens (tertiary/aromatic N) is 4. The molecule has 5 rings (SSSR count). The summed E-state index contributed by atoms with van der Waals surface area (Å²) in [6.45, 7) is 7.51. The smallest absolute Gasteiger partial charge is 0.251 e. The Bertz CT molecular complexity index is 1170. The van der Waals surface area contributed by atoms with Crippen molar-refractivity contribution in [2.45, 2.75) is 38.5 Å². The quantitative estimate of drug-likeness (QED) is 0.442. The summed E-state index contributed by atoms with van der Waals surface area (Å²) in [5.41, 5.74) is 9.92. The molecular weight excluding hydrogens is 501 g/mol. The van der Waals surface area contributed by atoms with Gasteiger partial charge in [-0.15, -0.1) is 24.8 Å². The molecule has 2 atom stereocenters. The third-order valence-electron chi connectivity index (χ3n) is 6.47. The highest BCUT2D eigenvalue weighted by Gasteiger charge is 2.20. The molecule has 0 aliphatic carbocycles. The minimum absolute atomic E-state index is 0. The number of nitrogens with two attached hydrogens (primary N) is 1. The van der Waals surface area contributed by atoms with Gasteiger partial charge in [0.25, 0.3) is 5.91 Å². The fourth-order valence-corrected chi connectivity index (χ4v) is 4.72. The van der Waals surface area contributed by atoms with Crippen LogP contribution in [0.15, 0.2) is 36.7 Å². The average Bonchev–Trinajstić information content (AvgIpc) is 2.85. The van der Waals surface area contributed by atoms with Crippen LogP contribution in [-0.2, 0) is 11.3 Å². The fourth-order valence-electron chi connectivity index (χ4n) is 4.72. The molecule has 0 spiro atoms. The second-order valence-corrected chi connectivity index (χ2v) is 9.14. The summed E-state index contributed by atoms with van der Waals surface area (Å²) in [6.07, 6.45) is 3.86. The molecule has 1 aromatic carbocycles. The number of halogens is 2. The van der Waals surface area contributed by atoms with Crippen molar-refractivity contribution < 1.29 is 9.53 Å². The standard InChI is InChI=1S/C25H31N7O2.2ClH/c1-16-13-32(9-10-34-16)14-17-4-6-18(7-5-17)21-11-20(24(26)33)22-23(31-21)25(29-15-28-22)30-19-3-2-8-27-12-19;;/h4-7,11,15-16,19,27H,2-3,8-10,12-14H2,1H3,(H2,26,33)(H,28,29,30);2*1H/t16-,19+;;/m1../s1. The number of nitrogens with one attached hydrogen (secondary N) is 2. The molecule has 0 bridgehead atoms. The van der Waals surface area contributed by atoms with Crippen molar-refractivity contribution in [1.82, 2.24) is 25.2 Å². The summed E-state index contributed by atoms with van der Waals surface area (Å²) < 4.78 is 5.64. The lowest BCUT2D eigenvalue weighted by Gasteiger charge is -2.31. The van der Waals surface area contributed by atoms with E-state index in [-0.39, 0.29) is 37.0 Å². The van der Waals surface area contributed by atoms with Crippen molar-refractivity contribution in [3.8, 4) is 11.3 Å². The number of hydrogen-bond acceptors (Lipinski definition) is 8. The van der Waals surface area contributed by atoms with E-state index in [4.69, 9.17) is 15.5 Å². The van der Waals surface area contributed by atoms with E-state index in [0.29, 0.717) is 28.1 Å². The topological polar surface area (TPSA) is 118 Å². The number of benzene rings is 1. The maximum atomic E-state index is 12.3. The number of piperidine rings is 1. The van der Waals surface area contributed by atoms with Crippen LogP contribution in [0.3, 0.4) is 0 Å². The van der Waals surface area contributed by atoms with Crippen LogP contribution in [0.5, 0.6) is 0 Å². The molecule has 9 nitrogen and oxygen atoms in total. The monoisotopic (exact) mass is 533 g/mol. The number of hydrogen-bond donors (Lipinski definition) is 3. The van der Waals surface area contributed by atoms with E-state index in [1.54, 1.807) is 6.07 Å².